The van der Waals surface area contributed by atoms with Crippen LogP contribution in [0.25, 0.3) is 0 Å². The summed E-state index contributed by atoms with van der Waals surface area (Å²) < 4.78 is 5.61. The highest BCUT2D eigenvalue weighted by Crippen LogP contribution is 2.39. The van der Waals surface area contributed by atoms with Crippen LogP contribution >= 0.6 is 11.8 Å². The second-order valence-corrected chi connectivity index (χ2v) is 8.56. The van der Waals surface area contributed by atoms with Crippen LogP contribution in [-0.4, -0.2) is 55.5 Å². The van der Waals surface area contributed by atoms with Crippen molar-refractivity contribution in [2.75, 3.05) is 33.4 Å². The van der Waals surface area contributed by atoms with Gasteiger partial charge >= 0.3 is 0 Å². The van der Waals surface area contributed by atoms with Gasteiger partial charge in [-0.2, -0.15) is 4.99 Å². The number of nitrogens with two attached hydrogens (primary N) is 1. The van der Waals surface area contributed by atoms with Crippen molar-refractivity contribution in [3.8, 4) is 0 Å². The van der Waals surface area contributed by atoms with E-state index in [2.05, 4.69) is 9.89 Å². The standard InChI is InChI=1S/C20H28N4O2S/c1-16(27-17-6-4-3-5-7-17)18(21)22-19(23(2)15-25)24-11-8-20(9-12-24)10-13-26-14-20/h3-7,15H,8-14,21H2,1-2H3/b18-16+,22-19+. The van der Waals surface area contributed by atoms with Crippen molar-refractivity contribution in [1.82, 2.24) is 9.80 Å². The van der Waals surface area contributed by atoms with E-state index >= 15 is 0 Å². The molecule has 1 amide bonds. The fraction of sp³-hybridized carbons (Fsp3) is 0.500. The number of amides is 1. The Labute approximate surface area is 165 Å². The molecule has 2 aliphatic heterocycles. The molecule has 2 heterocycles. The summed E-state index contributed by atoms with van der Waals surface area (Å²) in [4.78, 5) is 21.7. The summed E-state index contributed by atoms with van der Waals surface area (Å²) >= 11 is 1.58. The summed E-state index contributed by atoms with van der Waals surface area (Å²) in [5.74, 6) is 1.06. The Morgan fingerprint density at radius 1 is 1.30 bits per heavy atom. The monoisotopic (exact) mass is 388 g/mol. The van der Waals surface area contributed by atoms with Gasteiger partial charge < -0.3 is 15.4 Å². The van der Waals surface area contributed by atoms with E-state index in [1.807, 2.05) is 37.3 Å². The van der Waals surface area contributed by atoms with Gasteiger partial charge in [0.2, 0.25) is 12.4 Å². The van der Waals surface area contributed by atoms with Crippen LogP contribution in [0.15, 0.2) is 50.9 Å². The van der Waals surface area contributed by atoms with Crippen LogP contribution in [0.2, 0.25) is 0 Å². The molecule has 0 aliphatic carbocycles. The summed E-state index contributed by atoms with van der Waals surface area (Å²) in [6.07, 6.45) is 4.03. The van der Waals surface area contributed by atoms with Crippen molar-refractivity contribution >= 4 is 24.1 Å². The highest BCUT2D eigenvalue weighted by molar-refractivity contribution is 8.03. The molecule has 1 aromatic rings. The summed E-state index contributed by atoms with van der Waals surface area (Å²) in [5, 5.41) is 0. The van der Waals surface area contributed by atoms with Crippen LogP contribution in [0.5, 0.6) is 0 Å². The number of hydrogen-bond donors (Lipinski definition) is 1. The fourth-order valence-electron chi connectivity index (χ4n) is 3.55. The lowest BCUT2D eigenvalue weighted by Gasteiger charge is -2.40. The molecule has 0 unspecified atom stereocenters. The highest BCUT2D eigenvalue weighted by atomic mass is 32.2. The zero-order valence-corrected chi connectivity index (χ0v) is 16.9. The molecule has 2 fully saturated rings. The predicted octanol–water partition coefficient (Wildman–Crippen LogP) is 2.87. The molecule has 0 atom stereocenters. The number of allylic oxidation sites excluding steroid dienone is 1. The molecule has 27 heavy (non-hydrogen) atoms. The van der Waals surface area contributed by atoms with Gasteiger partial charge in [0, 0.05) is 36.5 Å². The third-order valence-corrected chi connectivity index (χ3v) is 6.38. The van der Waals surface area contributed by atoms with E-state index in [0.29, 0.717) is 17.2 Å². The number of benzene rings is 1. The SMILES string of the molecule is C/C(Sc1ccccc1)=C(N)\N=C(/N(C)C=O)N1CCC2(CCOC2)CC1. The van der Waals surface area contributed by atoms with Gasteiger partial charge in [0.25, 0.3) is 0 Å². The van der Waals surface area contributed by atoms with Crippen molar-refractivity contribution in [3.63, 3.8) is 0 Å². The first-order valence-electron chi connectivity index (χ1n) is 9.32. The number of carbonyl (C=O) groups excluding carboxylic acids is 1. The Hall–Kier alpha value is -1.99. The van der Waals surface area contributed by atoms with Gasteiger partial charge in [0.05, 0.1) is 6.61 Å². The highest BCUT2D eigenvalue weighted by Gasteiger charge is 2.39. The number of guanidine groups is 1. The van der Waals surface area contributed by atoms with E-state index in [9.17, 15) is 4.79 Å². The Morgan fingerprint density at radius 2 is 2.00 bits per heavy atom. The van der Waals surface area contributed by atoms with Gasteiger partial charge in [-0.05, 0) is 43.7 Å². The maximum atomic E-state index is 11.4. The van der Waals surface area contributed by atoms with E-state index in [4.69, 9.17) is 10.5 Å². The maximum absolute atomic E-state index is 11.4. The number of likely N-dealkylation sites (tertiary alicyclic amines) is 1. The average molecular weight is 389 g/mol. The zero-order chi connectivity index (χ0) is 19.3. The van der Waals surface area contributed by atoms with Crippen molar-refractivity contribution in [1.29, 1.82) is 0 Å². The smallest absolute Gasteiger partial charge is 0.216 e. The summed E-state index contributed by atoms with van der Waals surface area (Å²) in [6, 6.07) is 10.1. The second-order valence-electron chi connectivity index (χ2n) is 7.27. The Balaban J connectivity index is 1.75. The number of aliphatic imine (C=N–C) groups is 1. The average Bonchev–Trinajstić information content (AvgIpc) is 3.15. The maximum Gasteiger partial charge on any atom is 0.216 e. The molecule has 2 aliphatic rings. The van der Waals surface area contributed by atoms with Crippen LogP contribution in [0.1, 0.15) is 26.2 Å². The number of ether oxygens (including phenoxy) is 1. The number of thioether (sulfide) groups is 1. The van der Waals surface area contributed by atoms with Gasteiger partial charge in [0.15, 0.2) is 0 Å². The fourth-order valence-corrected chi connectivity index (χ4v) is 4.35. The molecule has 146 valence electrons. The molecule has 1 spiro atoms. The first-order valence-corrected chi connectivity index (χ1v) is 10.1. The topological polar surface area (TPSA) is 71.2 Å². The summed E-state index contributed by atoms with van der Waals surface area (Å²) in [5.41, 5.74) is 6.57. The minimum atomic E-state index is 0.307. The zero-order valence-electron chi connectivity index (χ0n) is 16.1. The van der Waals surface area contributed by atoms with E-state index in [1.165, 1.54) is 4.90 Å². The largest absolute Gasteiger partial charge is 0.383 e. The lowest BCUT2D eigenvalue weighted by molar-refractivity contribution is -0.114. The van der Waals surface area contributed by atoms with Gasteiger partial charge in [-0.25, -0.2) is 0 Å². The Bertz CT molecular complexity index is 704. The molecule has 0 aromatic heterocycles. The molecule has 7 heteroatoms. The van der Waals surface area contributed by atoms with Gasteiger partial charge in [-0.3, -0.25) is 9.69 Å². The van der Waals surface area contributed by atoms with Gasteiger partial charge in [-0.15, -0.1) is 0 Å². The first-order chi connectivity index (χ1) is 13.0. The van der Waals surface area contributed by atoms with Crippen molar-refractivity contribution in [3.05, 3.63) is 41.1 Å². The minimum absolute atomic E-state index is 0.307. The molecule has 0 bridgehead atoms. The summed E-state index contributed by atoms with van der Waals surface area (Å²) in [6.45, 7) is 5.39. The quantitative estimate of drug-likeness (QED) is 0.372. The van der Waals surface area contributed by atoms with Gasteiger partial charge in [-0.1, -0.05) is 30.0 Å². The van der Waals surface area contributed by atoms with E-state index in [0.717, 1.165) is 61.8 Å². The number of hydrogen-bond acceptors (Lipinski definition) is 5. The van der Waals surface area contributed by atoms with E-state index < -0.39 is 0 Å². The predicted molar refractivity (Wildman–Crippen MR) is 109 cm³/mol. The molecular formula is C20H28N4O2S. The molecule has 2 saturated heterocycles. The molecule has 1 aromatic carbocycles. The third-order valence-electron chi connectivity index (χ3n) is 5.36. The molecule has 3 rings (SSSR count). The lowest BCUT2D eigenvalue weighted by atomic mass is 9.78. The van der Waals surface area contributed by atoms with Crippen molar-refractivity contribution < 1.29 is 9.53 Å². The Kier molecular flexibility index (Phi) is 6.44. The van der Waals surface area contributed by atoms with Crippen LogP contribution in [0, 0.1) is 5.41 Å². The van der Waals surface area contributed by atoms with Crippen LogP contribution in [0.3, 0.4) is 0 Å². The molecular weight excluding hydrogens is 360 g/mol. The Morgan fingerprint density at radius 3 is 2.59 bits per heavy atom. The number of rotatable bonds is 4. The summed E-state index contributed by atoms with van der Waals surface area (Å²) in [7, 11) is 1.72. The minimum Gasteiger partial charge on any atom is -0.383 e. The number of piperidine rings is 1. The van der Waals surface area contributed by atoms with Crippen molar-refractivity contribution in [2.45, 2.75) is 31.1 Å². The lowest BCUT2D eigenvalue weighted by Crippen LogP contribution is -2.48. The molecule has 2 N–H and O–H groups in total. The normalized spacial score (nSPS) is 20.5. The van der Waals surface area contributed by atoms with Gasteiger partial charge in [0.1, 0.15) is 5.82 Å². The van der Waals surface area contributed by atoms with Crippen LogP contribution in [0.4, 0.5) is 0 Å². The second kappa shape index (κ2) is 8.80. The van der Waals surface area contributed by atoms with E-state index in [-0.39, 0.29) is 0 Å². The molecule has 0 saturated carbocycles. The van der Waals surface area contributed by atoms with Crippen molar-refractivity contribution in [2.24, 2.45) is 16.1 Å². The van der Waals surface area contributed by atoms with Crippen LogP contribution in [-0.2, 0) is 9.53 Å². The molecule has 6 nitrogen and oxygen atoms in total. The number of carbonyl (C=O) groups is 1. The van der Waals surface area contributed by atoms with E-state index in [1.54, 1.807) is 18.8 Å². The number of nitrogens with zero attached hydrogens (tertiary/aromatic N) is 3. The third kappa shape index (κ3) is 4.84. The molecule has 0 radical (unpaired) electrons. The first kappa shape index (κ1) is 19.8. The van der Waals surface area contributed by atoms with Crippen LogP contribution < -0.4 is 5.73 Å².